The van der Waals surface area contributed by atoms with E-state index < -0.39 is 78.1 Å². The fourth-order valence-electron chi connectivity index (χ4n) is 3.62. The number of hydrogen-bond donors (Lipinski definition) is 0. The molecule has 0 unspecified atom stereocenters. The molecular formula is C32H40N2O12S2. The molecule has 0 bridgehead atoms. The third kappa shape index (κ3) is 12.0. The van der Waals surface area contributed by atoms with Crippen molar-refractivity contribution >= 4 is 55.3 Å². The summed E-state index contributed by atoms with van der Waals surface area (Å²) in [6, 6.07) is 9.39. The van der Waals surface area contributed by atoms with Crippen molar-refractivity contribution in [2.75, 3.05) is 13.2 Å². The molecule has 0 amide bonds. The maximum absolute atomic E-state index is 13.3. The van der Waals surface area contributed by atoms with Crippen molar-refractivity contribution in [1.29, 1.82) is 0 Å². The summed E-state index contributed by atoms with van der Waals surface area (Å²) < 4.78 is 79.4. The minimum atomic E-state index is -4.69. The van der Waals surface area contributed by atoms with Crippen LogP contribution in [0.1, 0.15) is 65.2 Å². The van der Waals surface area contributed by atoms with Crippen molar-refractivity contribution in [1.82, 2.24) is 0 Å². The average molecular weight is 709 g/mol. The third-order valence-corrected chi connectivity index (χ3v) is 8.37. The highest BCUT2D eigenvalue weighted by atomic mass is 32.2. The maximum atomic E-state index is 13.3. The molecule has 0 aliphatic rings. The van der Waals surface area contributed by atoms with Gasteiger partial charge >= 0.3 is 23.9 Å². The van der Waals surface area contributed by atoms with Crippen LogP contribution in [0.5, 0.6) is 0 Å². The van der Waals surface area contributed by atoms with Gasteiger partial charge in [0.05, 0.1) is 23.0 Å². The molecule has 0 heterocycles. The van der Waals surface area contributed by atoms with Crippen LogP contribution in [0.2, 0.25) is 0 Å². The molecule has 0 aromatic heterocycles. The molecule has 0 radical (unpaired) electrons. The Morgan fingerprint density at radius 3 is 1.56 bits per heavy atom. The second-order valence-corrected chi connectivity index (χ2v) is 15.5. The summed E-state index contributed by atoms with van der Waals surface area (Å²) in [5.41, 5.74) is -2.67. The van der Waals surface area contributed by atoms with E-state index in [4.69, 9.17) is 18.9 Å². The second-order valence-electron chi connectivity index (χ2n) is 12.3. The summed E-state index contributed by atoms with van der Waals surface area (Å²) in [5, 5.41) is 0. The summed E-state index contributed by atoms with van der Waals surface area (Å²) >= 11 is 0. The Morgan fingerprint density at radius 2 is 1.08 bits per heavy atom. The van der Waals surface area contributed by atoms with Crippen molar-refractivity contribution in [2.24, 2.45) is 8.80 Å². The average Bonchev–Trinajstić information content (AvgIpc) is 2.94. The predicted octanol–water partition coefficient (Wildman–Crippen LogP) is 3.60. The van der Waals surface area contributed by atoms with Gasteiger partial charge < -0.3 is 18.9 Å². The topological polar surface area (TPSA) is 198 Å². The third-order valence-electron chi connectivity index (χ3n) is 5.81. The van der Waals surface area contributed by atoms with Gasteiger partial charge in [-0.3, -0.25) is 0 Å². The van der Waals surface area contributed by atoms with E-state index in [1.165, 1.54) is 90.9 Å². The quantitative estimate of drug-likeness (QED) is 0.135. The van der Waals surface area contributed by atoms with Gasteiger partial charge in [-0.1, -0.05) is 23.8 Å². The molecule has 48 heavy (non-hydrogen) atoms. The first-order chi connectivity index (χ1) is 22.0. The van der Waals surface area contributed by atoms with E-state index in [2.05, 4.69) is 8.80 Å². The van der Waals surface area contributed by atoms with Crippen molar-refractivity contribution < 1.29 is 55.0 Å². The molecule has 262 valence electrons. The summed E-state index contributed by atoms with van der Waals surface area (Å²) in [6.07, 6.45) is -0.101. The number of benzene rings is 2. The Morgan fingerprint density at radius 1 is 0.646 bits per heavy atom. The lowest BCUT2D eigenvalue weighted by molar-refractivity contribution is -0.152. The molecular weight excluding hydrogens is 668 g/mol. The van der Waals surface area contributed by atoms with Crippen LogP contribution < -0.4 is 0 Å². The number of aryl methyl sites for hydroxylation is 2. The van der Waals surface area contributed by atoms with E-state index in [1.54, 1.807) is 13.8 Å². The summed E-state index contributed by atoms with van der Waals surface area (Å²) in [5.74, 6) is -5.30. The predicted molar refractivity (Wildman–Crippen MR) is 175 cm³/mol. The molecule has 2 aromatic rings. The molecule has 0 saturated heterocycles. The lowest BCUT2D eigenvalue weighted by atomic mass is 10.1. The van der Waals surface area contributed by atoms with Gasteiger partial charge in [0.15, 0.2) is 0 Å². The second kappa shape index (κ2) is 15.6. The van der Waals surface area contributed by atoms with E-state index >= 15 is 0 Å². The molecule has 14 nitrogen and oxygen atoms in total. The largest absolute Gasteiger partial charge is 0.461 e. The highest BCUT2D eigenvalue weighted by Crippen LogP contribution is 2.21. The highest BCUT2D eigenvalue weighted by Gasteiger charge is 2.33. The van der Waals surface area contributed by atoms with Crippen molar-refractivity contribution in [3.8, 4) is 0 Å². The van der Waals surface area contributed by atoms with E-state index in [0.29, 0.717) is 11.1 Å². The van der Waals surface area contributed by atoms with Gasteiger partial charge in [-0.2, -0.15) is 16.8 Å². The Labute approximate surface area is 280 Å². The van der Waals surface area contributed by atoms with Crippen LogP contribution in [0.4, 0.5) is 0 Å². The molecule has 0 aliphatic heterocycles. The summed E-state index contributed by atoms with van der Waals surface area (Å²) in [6.45, 7) is 13.4. The Bertz CT molecular complexity index is 1800. The van der Waals surface area contributed by atoms with Gasteiger partial charge in [0.25, 0.3) is 20.0 Å². The zero-order valence-electron chi connectivity index (χ0n) is 28.3. The first-order valence-corrected chi connectivity index (χ1v) is 17.5. The smallest absolute Gasteiger partial charge is 0.366 e. The number of carbonyl (C=O) groups is 4. The van der Waals surface area contributed by atoms with Crippen LogP contribution in [0.25, 0.3) is 0 Å². The van der Waals surface area contributed by atoms with Crippen LogP contribution in [-0.2, 0) is 64.6 Å². The molecule has 16 heteroatoms. The van der Waals surface area contributed by atoms with Gasteiger partial charge in [-0.05, 0) is 97.7 Å². The van der Waals surface area contributed by atoms with Gasteiger partial charge in [-0.15, -0.1) is 8.80 Å². The van der Waals surface area contributed by atoms with Crippen molar-refractivity contribution in [2.45, 2.75) is 89.7 Å². The van der Waals surface area contributed by atoms with Crippen molar-refractivity contribution in [3.63, 3.8) is 0 Å². The van der Waals surface area contributed by atoms with Crippen LogP contribution in [-0.4, -0.2) is 76.6 Å². The number of nitrogens with zero attached hydrogens (tertiary/aromatic N) is 2. The fourth-order valence-corrected chi connectivity index (χ4v) is 5.62. The fraction of sp³-hybridized carbons (Fsp3) is 0.438. The first-order valence-electron chi connectivity index (χ1n) is 14.6. The lowest BCUT2D eigenvalue weighted by Gasteiger charge is -2.22. The molecule has 0 aliphatic carbocycles. The van der Waals surface area contributed by atoms with E-state index in [9.17, 15) is 36.0 Å². The van der Waals surface area contributed by atoms with E-state index in [-0.39, 0.29) is 17.9 Å². The minimum Gasteiger partial charge on any atom is -0.461 e. The number of esters is 4. The monoisotopic (exact) mass is 708 g/mol. The minimum absolute atomic E-state index is 0.101. The van der Waals surface area contributed by atoms with Crippen LogP contribution in [0, 0.1) is 13.8 Å². The number of rotatable bonds is 12. The number of carbonyl (C=O) groups excluding carboxylic acids is 4. The Hall–Kier alpha value is -4.44. The molecule has 2 rings (SSSR count). The zero-order valence-corrected chi connectivity index (χ0v) is 29.9. The van der Waals surface area contributed by atoms with Gasteiger partial charge in [0.1, 0.15) is 11.2 Å². The summed E-state index contributed by atoms with van der Waals surface area (Å²) in [4.78, 5) is 50.2. The van der Waals surface area contributed by atoms with Crippen molar-refractivity contribution in [3.05, 3.63) is 59.2 Å². The molecule has 0 atom stereocenters. The Balaban J connectivity index is 2.38. The molecule has 2 aromatic carbocycles. The number of sulfonamides is 2. The summed E-state index contributed by atoms with van der Waals surface area (Å²) in [7, 11) is -9.18. The zero-order chi connectivity index (χ0) is 36.7. The molecule has 0 saturated carbocycles. The van der Waals surface area contributed by atoms with E-state index in [0.717, 1.165) is 5.56 Å². The SMILES string of the molecule is CCOC(=O)/C(=N/S(=O)(=O)c1ccc(C)cc1)C(=O)OCCc1cc(S(=O)(=O)N=C(C(=O)OC(C)(C)C)C(=O)OC(C)(C)C)ccc1C. The normalized spacial score (nSPS) is 12.5. The van der Waals surface area contributed by atoms with Crippen LogP contribution >= 0.6 is 0 Å². The molecule has 0 fully saturated rings. The number of ether oxygens (including phenoxy) is 4. The first kappa shape index (κ1) is 39.7. The lowest BCUT2D eigenvalue weighted by Crippen LogP contribution is -2.37. The standard InChI is InChI=1S/C32H40N2O12S2/c1-10-43-27(35)25(33-47(39,40)23-14-11-20(2)12-15-23)28(36)44-18-17-22-19-24(16-13-21(22)3)48(41,42)34-26(29(37)45-31(4,5)6)30(38)46-32(7,8)9/h11-16,19H,10,17-18H2,1-9H3/b33-25-. The Kier molecular flexibility index (Phi) is 12.9. The highest BCUT2D eigenvalue weighted by molar-refractivity contribution is 7.90. The van der Waals surface area contributed by atoms with Crippen LogP contribution in [0.3, 0.4) is 0 Å². The molecule has 0 N–H and O–H groups in total. The van der Waals surface area contributed by atoms with Gasteiger partial charge in [-0.25, -0.2) is 19.2 Å². The van der Waals surface area contributed by atoms with Gasteiger partial charge in [0, 0.05) is 6.42 Å². The van der Waals surface area contributed by atoms with Crippen LogP contribution in [0.15, 0.2) is 61.1 Å². The van der Waals surface area contributed by atoms with E-state index in [1.807, 2.05) is 0 Å². The van der Waals surface area contributed by atoms with Gasteiger partial charge in [0.2, 0.25) is 11.4 Å². The number of hydrogen-bond acceptors (Lipinski definition) is 12. The molecule has 0 spiro atoms. The maximum Gasteiger partial charge on any atom is 0.366 e.